The molecule has 0 radical (unpaired) electrons. The molecule has 0 aliphatic heterocycles. The second kappa shape index (κ2) is 6.20. The van der Waals surface area contributed by atoms with Gasteiger partial charge in [0.05, 0.1) is 23.5 Å². The number of para-hydroxylation sites is 1. The number of fused-ring (bicyclic) bond motifs is 1. The van der Waals surface area contributed by atoms with Crippen LogP contribution in [-0.4, -0.2) is 30.3 Å². The molecule has 0 aliphatic carbocycles. The fourth-order valence-electron chi connectivity index (χ4n) is 2.66. The molecule has 1 N–H and O–H groups in total. The first-order valence-corrected chi connectivity index (χ1v) is 7.93. The Balaban J connectivity index is 1.53. The highest BCUT2D eigenvalue weighted by atomic mass is 16.1. The lowest BCUT2D eigenvalue weighted by Crippen LogP contribution is -2.27. The lowest BCUT2D eigenvalue weighted by Gasteiger charge is -2.11. The van der Waals surface area contributed by atoms with Crippen LogP contribution in [0, 0.1) is 0 Å². The van der Waals surface area contributed by atoms with Crippen LogP contribution in [0.15, 0.2) is 67.1 Å². The zero-order valence-corrected chi connectivity index (χ0v) is 13.6. The number of pyridine rings is 1. The molecule has 3 aromatic heterocycles. The van der Waals surface area contributed by atoms with E-state index in [9.17, 15) is 4.79 Å². The molecule has 4 rings (SSSR count). The molecule has 1 aromatic carbocycles. The van der Waals surface area contributed by atoms with Gasteiger partial charge in [-0.25, -0.2) is 4.68 Å². The number of nitrogens with zero attached hydrogens (tertiary/aromatic N) is 5. The van der Waals surface area contributed by atoms with E-state index in [0.717, 1.165) is 11.3 Å². The third kappa shape index (κ3) is 2.87. The summed E-state index contributed by atoms with van der Waals surface area (Å²) in [7, 11) is 0. The Kier molecular flexibility index (Phi) is 3.74. The van der Waals surface area contributed by atoms with Gasteiger partial charge in [-0.05, 0) is 31.2 Å². The second-order valence-corrected chi connectivity index (χ2v) is 5.69. The van der Waals surface area contributed by atoms with Gasteiger partial charge in [-0.3, -0.25) is 9.20 Å². The molecule has 1 atom stereocenters. The van der Waals surface area contributed by atoms with Crippen molar-refractivity contribution in [1.82, 2.24) is 29.7 Å². The lowest BCUT2D eigenvalue weighted by molar-refractivity contribution is 0.0938. The van der Waals surface area contributed by atoms with E-state index in [0.29, 0.717) is 11.4 Å². The Morgan fingerprint density at radius 2 is 1.88 bits per heavy atom. The van der Waals surface area contributed by atoms with Gasteiger partial charge >= 0.3 is 0 Å². The van der Waals surface area contributed by atoms with Gasteiger partial charge in [0.15, 0.2) is 11.5 Å². The number of benzene rings is 1. The molecule has 124 valence electrons. The van der Waals surface area contributed by atoms with Crippen LogP contribution in [0.1, 0.15) is 29.1 Å². The summed E-state index contributed by atoms with van der Waals surface area (Å²) in [5.74, 6) is 0.474. The molecule has 0 fully saturated rings. The minimum absolute atomic E-state index is 0.206. The van der Waals surface area contributed by atoms with Crippen molar-refractivity contribution in [2.45, 2.75) is 13.0 Å². The Morgan fingerprint density at radius 3 is 2.72 bits per heavy atom. The third-order valence-electron chi connectivity index (χ3n) is 3.94. The Hall–Kier alpha value is -3.48. The molecule has 4 aromatic rings. The number of aromatic nitrogens is 5. The van der Waals surface area contributed by atoms with Gasteiger partial charge in [-0.2, -0.15) is 5.10 Å². The molecule has 3 heterocycles. The van der Waals surface area contributed by atoms with Crippen LogP contribution in [0.4, 0.5) is 0 Å². The quantitative estimate of drug-likeness (QED) is 0.622. The van der Waals surface area contributed by atoms with Crippen molar-refractivity contribution in [2.24, 2.45) is 0 Å². The lowest BCUT2D eigenvalue weighted by atomic mass is 10.2. The van der Waals surface area contributed by atoms with Crippen molar-refractivity contribution < 1.29 is 4.79 Å². The van der Waals surface area contributed by atoms with Crippen LogP contribution < -0.4 is 5.32 Å². The van der Waals surface area contributed by atoms with E-state index < -0.39 is 0 Å². The summed E-state index contributed by atoms with van der Waals surface area (Å²) in [5.41, 5.74) is 2.14. The average Bonchev–Trinajstić information content (AvgIpc) is 3.30. The zero-order chi connectivity index (χ0) is 17.2. The fourth-order valence-corrected chi connectivity index (χ4v) is 2.66. The number of hydrogen-bond acceptors (Lipinski definition) is 4. The van der Waals surface area contributed by atoms with Crippen LogP contribution in [-0.2, 0) is 0 Å². The summed E-state index contributed by atoms with van der Waals surface area (Å²) in [5, 5.41) is 15.5. The summed E-state index contributed by atoms with van der Waals surface area (Å²) >= 11 is 0. The Labute approximate surface area is 143 Å². The minimum atomic E-state index is -0.287. The van der Waals surface area contributed by atoms with Gasteiger partial charge in [-0.1, -0.05) is 24.3 Å². The van der Waals surface area contributed by atoms with Crippen molar-refractivity contribution in [3.63, 3.8) is 0 Å². The molecule has 25 heavy (non-hydrogen) atoms. The number of carbonyl (C=O) groups is 1. The fraction of sp³-hybridized carbons (Fsp3) is 0.111. The van der Waals surface area contributed by atoms with Gasteiger partial charge in [-0.15, -0.1) is 10.2 Å². The minimum Gasteiger partial charge on any atom is -0.342 e. The highest BCUT2D eigenvalue weighted by molar-refractivity contribution is 5.94. The first-order valence-electron chi connectivity index (χ1n) is 7.93. The number of rotatable bonds is 4. The van der Waals surface area contributed by atoms with E-state index in [1.165, 1.54) is 0 Å². The first kappa shape index (κ1) is 15.1. The topological polar surface area (TPSA) is 77.1 Å². The Bertz CT molecular complexity index is 1020. The molecule has 0 saturated heterocycles. The standard InChI is InChI=1S/C18H16N6O/c1-13(17-22-21-16-9-5-6-10-23(16)17)20-18(25)14-11-19-24(12-14)15-7-3-2-4-8-15/h2-13H,1H3,(H,20,25). The maximum absolute atomic E-state index is 12.5. The zero-order valence-electron chi connectivity index (χ0n) is 13.6. The van der Waals surface area contributed by atoms with Gasteiger partial charge in [0.25, 0.3) is 5.91 Å². The van der Waals surface area contributed by atoms with Crippen molar-refractivity contribution in [3.05, 3.63) is 78.5 Å². The van der Waals surface area contributed by atoms with E-state index in [1.807, 2.05) is 66.1 Å². The molecule has 1 amide bonds. The van der Waals surface area contributed by atoms with Crippen molar-refractivity contribution in [2.75, 3.05) is 0 Å². The second-order valence-electron chi connectivity index (χ2n) is 5.69. The molecule has 0 bridgehead atoms. The van der Waals surface area contributed by atoms with E-state index >= 15 is 0 Å². The van der Waals surface area contributed by atoms with Gasteiger partial charge in [0.1, 0.15) is 0 Å². The summed E-state index contributed by atoms with van der Waals surface area (Å²) in [4.78, 5) is 12.5. The number of nitrogens with one attached hydrogen (secondary N) is 1. The normalized spacial score (nSPS) is 12.2. The third-order valence-corrected chi connectivity index (χ3v) is 3.94. The van der Waals surface area contributed by atoms with Crippen LogP contribution >= 0.6 is 0 Å². The predicted molar refractivity (Wildman–Crippen MR) is 92.4 cm³/mol. The van der Waals surface area contributed by atoms with Crippen LogP contribution in [0.2, 0.25) is 0 Å². The maximum atomic E-state index is 12.5. The Morgan fingerprint density at radius 1 is 1.08 bits per heavy atom. The largest absolute Gasteiger partial charge is 0.342 e. The molecule has 7 nitrogen and oxygen atoms in total. The predicted octanol–water partition coefficient (Wildman–Crippen LogP) is 2.41. The average molecular weight is 332 g/mol. The van der Waals surface area contributed by atoms with Gasteiger partial charge in [0, 0.05) is 12.4 Å². The van der Waals surface area contributed by atoms with Crippen molar-refractivity contribution in [1.29, 1.82) is 0 Å². The molecular formula is C18H16N6O. The van der Waals surface area contributed by atoms with E-state index in [4.69, 9.17) is 0 Å². The van der Waals surface area contributed by atoms with Gasteiger partial charge < -0.3 is 5.32 Å². The SMILES string of the molecule is CC(NC(=O)c1cnn(-c2ccccc2)c1)c1nnc2ccccn12. The van der Waals surface area contributed by atoms with Crippen molar-refractivity contribution >= 4 is 11.6 Å². The van der Waals surface area contributed by atoms with E-state index in [1.54, 1.807) is 17.1 Å². The van der Waals surface area contributed by atoms with Crippen LogP contribution in [0.3, 0.4) is 0 Å². The number of amides is 1. The molecular weight excluding hydrogens is 316 g/mol. The smallest absolute Gasteiger partial charge is 0.255 e. The maximum Gasteiger partial charge on any atom is 0.255 e. The molecule has 0 aliphatic rings. The number of carbonyl (C=O) groups excluding carboxylic acids is 1. The highest BCUT2D eigenvalue weighted by Crippen LogP contribution is 2.13. The van der Waals surface area contributed by atoms with E-state index in [-0.39, 0.29) is 11.9 Å². The summed E-state index contributed by atoms with van der Waals surface area (Å²) in [6.07, 6.45) is 5.14. The highest BCUT2D eigenvalue weighted by Gasteiger charge is 2.17. The molecule has 7 heteroatoms. The van der Waals surface area contributed by atoms with Gasteiger partial charge in [0.2, 0.25) is 0 Å². The monoisotopic (exact) mass is 332 g/mol. The van der Waals surface area contributed by atoms with Crippen LogP contribution in [0.5, 0.6) is 0 Å². The van der Waals surface area contributed by atoms with E-state index in [2.05, 4.69) is 20.6 Å². The molecule has 1 unspecified atom stereocenters. The summed E-state index contributed by atoms with van der Waals surface area (Å²) < 4.78 is 3.53. The first-order chi connectivity index (χ1) is 12.2. The molecule has 0 spiro atoms. The molecule has 0 saturated carbocycles. The summed E-state index contributed by atoms with van der Waals surface area (Å²) in [6.45, 7) is 1.88. The number of hydrogen-bond donors (Lipinski definition) is 1. The van der Waals surface area contributed by atoms with Crippen LogP contribution in [0.25, 0.3) is 11.3 Å². The summed E-state index contributed by atoms with van der Waals surface area (Å²) in [6, 6.07) is 15.0. The van der Waals surface area contributed by atoms with Crippen molar-refractivity contribution in [3.8, 4) is 5.69 Å².